The van der Waals surface area contributed by atoms with E-state index in [4.69, 9.17) is 4.74 Å². The minimum absolute atomic E-state index is 0.0716. The van der Waals surface area contributed by atoms with Gasteiger partial charge in [0.2, 0.25) is 5.91 Å². The number of nitrogens with one attached hydrogen (secondary N) is 1. The summed E-state index contributed by atoms with van der Waals surface area (Å²) in [7, 11) is 0. The second kappa shape index (κ2) is 10.1. The van der Waals surface area contributed by atoms with Crippen LogP contribution in [0.4, 0.5) is 0 Å². The third-order valence-electron chi connectivity index (χ3n) is 4.00. The van der Waals surface area contributed by atoms with E-state index in [-0.39, 0.29) is 25.9 Å². The first-order valence-electron chi connectivity index (χ1n) is 8.81. The molecule has 1 amide bonds. The number of carboxylic acids is 1. The first-order chi connectivity index (χ1) is 13.0. The lowest BCUT2D eigenvalue weighted by Gasteiger charge is -2.15. The highest BCUT2D eigenvalue weighted by molar-refractivity contribution is 5.86. The number of benzene rings is 2. The molecule has 27 heavy (non-hydrogen) atoms. The molecule has 2 aromatic carbocycles. The maximum atomic E-state index is 11.9. The number of hydrogen-bond donors (Lipinski definition) is 2. The van der Waals surface area contributed by atoms with Crippen LogP contribution in [0, 0.1) is 0 Å². The first kappa shape index (κ1) is 20.2. The summed E-state index contributed by atoms with van der Waals surface area (Å²) in [4.78, 5) is 34.7. The van der Waals surface area contributed by atoms with Gasteiger partial charge in [-0.15, -0.1) is 0 Å². The zero-order valence-electron chi connectivity index (χ0n) is 15.2. The van der Waals surface area contributed by atoms with Gasteiger partial charge < -0.3 is 15.2 Å². The first-order valence-corrected chi connectivity index (χ1v) is 8.81. The molecule has 1 atom stereocenters. The molecule has 6 nitrogen and oxygen atoms in total. The summed E-state index contributed by atoms with van der Waals surface area (Å²) >= 11 is 0. The second-order valence-electron chi connectivity index (χ2n) is 6.03. The number of ether oxygens (including phenoxy) is 1. The van der Waals surface area contributed by atoms with E-state index in [1.165, 1.54) is 0 Å². The summed E-state index contributed by atoms with van der Waals surface area (Å²) in [6.45, 7) is 1.93. The number of carboxylic acid groups (broad SMARTS) is 1. The summed E-state index contributed by atoms with van der Waals surface area (Å²) in [5.74, 6) is -2.08. The lowest BCUT2D eigenvalue weighted by atomic mass is 10.0. The van der Waals surface area contributed by atoms with Crippen molar-refractivity contribution in [2.45, 2.75) is 32.2 Å². The van der Waals surface area contributed by atoms with Crippen molar-refractivity contribution < 1.29 is 24.2 Å². The Balaban J connectivity index is 1.94. The number of aliphatic carboxylic acids is 1. The highest BCUT2D eigenvalue weighted by atomic mass is 16.5. The third-order valence-corrected chi connectivity index (χ3v) is 4.00. The van der Waals surface area contributed by atoms with Crippen LogP contribution in [0.3, 0.4) is 0 Å². The Morgan fingerprint density at radius 2 is 1.59 bits per heavy atom. The van der Waals surface area contributed by atoms with E-state index >= 15 is 0 Å². The standard InChI is InChI=1S/C21H23NO5/c1-2-27-20(24)13-12-19(23)22-18(21(25)26)14-15-8-10-17(11-9-15)16-6-4-3-5-7-16/h3-11,18H,2,12-14H2,1H3,(H,22,23)(H,25,26)/t18-/m0/s1. The smallest absolute Gasteiger partial charge is 0.326 e. The van der Waals surface area contributed by atoms with Gasteiger partial charge in [-0.25, -0.2) is 4.79 Å². The molecular formula is C21H23NO5. The van der Waals surface area contributed by atoms with E-state index in [1.54, 1.807) is 6.92 Å². The molecule has 0 bridgehead atoms. The van der Waals surface area contributed by atoms with Crippen LogP contribution in [0.15, 0.2) is 54.6 Å². The van der Waals surface area contributed by atoms with Crippen LogP contribution in [0.1, 0.15) is 25.3 Å². The Bertz CT molecular complexity index is 771. The van der Waals surface area contributed by atoms with Crippen molar-refractivity contribution in [3.05, 3.63) is 60.2 Å². The maximum Gasteiger partial charge on any atom is 0.326 e. The Labute approximate surface area is 158 Å². The predicted octanol–water partition coefficient (Wildman–Crippen LogP) is 2.81. The number of carbonyl (C=O) groups excluding carboxylic acids is 2. The highest BCUT2D eigenvalue weighted by Gasteiger charge is 2.21. The van der Waals surface area contributed by atoms with Gasteiger partial charge in [0.25, 0.3) is 0 Å². The normalized spacial score (nSPS) is 11.4. The molecular weight excluding hydrogens is 346 g/mol. The zero-order valence-corrected chi connectivity index (χ0v) is 15.2. The van der Waals surface area contributed by atoms with E-state index in [0.717, 1.165) is 16.7 Å². The summed E-state index contributed by atoms with van der Waals surface area (Å²) in [5, 5.41) is 11.8. The van der Waals surface area contributed by atoms with Crippen molar-refractivity contribution in [2.75, 3.05) is 6.61 Å². The molecule has 0 spiro atoms. The van der Waals surface area contributed by atoms with Gasteiger partial charge in [-0.05, 0) is 23.6 Å². The minimum Gasteiger partial charge on any atom is -0.480 e. The lowest BCUT2D eigenvalue weighted by Crippen LogP contribution is -2.42. The number of carbonyl (C=O) groups is 3. The average molecular weight is 369 g/mol. The molecule has 0 radical (unpaired) electrons. The average Bonchev–Trinajstić information content (AvgIpc) is 2.67. The van der Waals surface area contributed by atoms with Gasteiger partial charge in [-0.3, -0.25) is 9.59 Å². The summed E-state index contributed by atoms with van der Waals surface area (Å²) < 4.78 is 4.75. The van der Waals surface area contributed by atoms with E-state index in [2.05, 4.69) is 5.32 Å². The fourth-order valence-corrected chi connectivity index (χ4v) is 2.61. The SMILES string of the molecule is CCOC(=O)CCC(=O)N[C@@H](Cc1ccc(-c2ccccc2)cc1)C(=O)O. The van der Waals surface area contributed by atoms with Gasteiger partial charge in [-0.2, -0.15) is 0 Å². The Morgan fingerprint density at radius 1 is 0.963 bits per heavy atom. The van der Waals surface area contributed by atoms with E-state index in [9.17, 15) is 19.5 Å². The van der Waals surface area contributed by atoms with Crippen molar-refractivity contribution in [1.82, 2.24) is 5.32 Å². The molecule has 0 aliphatic heterocycles. The fourth-order valence-electron chi connectivity index (χ4n) is 2.61. The molecule has 0 saturated heterocycles. The monoisotopic (exact) mass is 369 g/mol. The summed E-state index contributed by atoms with van der Waals surface area (Å²) in [5.41, 5.74) is 2.91. The molecule has 0 aliphatic rings. The number of rotatable bonds is 9. The Morgan fingerprint density at radius 3 is 2.19 bits per heavy atom. The molecule has 2 rings (SSSR count). The van der Waals surface area contributed by atoms with Gasteiger partial charge in [0, 0.05) is 12.8 Å². The molecule has 0 aliphatic carbocycles. The summed E-state index contributed by atoms with van der Waals surface area (Å²) in [6, 6.07) is 16.3. The quantitative estimate of drug-likeness (QED) is 0.663. The molecule has 2 N–H and O–H groups in total. The second-order valence-corrected chi connectivity index (χ2v) is 6.03. The summed E-state index contributed by atoms with van der Waals surface area (Å²) in [6.07, 6.45) is -0.0110. The van der Waals surface area contributed by atoms with Gasteiger partial charge in [0.15, 0.2) is 0 Å². The van der Waals surface area contributed by atoms with Crippen molar-refractivity contribution in [2.24, 2.45) is 0 Å². The van der Waals surface area contributed by atoms with Crippen molar-refractivity contribution in [3.63, 3.8) is 0 Å². The zero-order chi connectivity index (χ0) is 19.6. The van der Waals surface area contributed by atoms with Crippen LogP contribution < -0.4 is 5.32 Å². The highest BCUT2D eigenvalue weighted by Crippen LogP contribution is 2.19. The van der Waals surface area contributed by atoms with Gasteiger partial charge >= 0.3 is 11.9 Å². The van der Waals surface area contributed by atoms with Gasteiger partial charge in [-0.1, -0.05) is 54.6 Å². The van der Waals surface area contributed by atoms with Gasteiger partial charge in [0.05, 0.1) is 13.0 Å². The lowest BCUT2D eigenvalue weighted by molar-refractivity contribution is -0.144. The Kier molecular flexibility index (Phi) is 7.55. The molecule has 0 fully saturated rings. The fraction of sp³-hybridized carbons (Fsp3) is 0.286. The molecule has 0 heterocycles. The maximum absolute atomic E-state index is 11.9. The Hall–Kier alpha value is -3.15. The molecule has 0 saturated carbocycles. The molecule has 2 aromatic rings. The van der Waals surface area contributed by atoms with Crippen LogP contribution in [0.2, 0.25) is 0 Å². The topological polar surface area (TPSA) is 92.7 Å². The van der Waals surface area contributed by atoms with E-state index in [1.807, 2.05) is 54.6 Å². The minimum atomic E-state index is -1.12. The van der Waals surface area contributed by atoms with E-state index < -0.39 is 23.9 Å². The number of esters is 1. The predicted molar refractivity (Wildman–Crippen MR) is 101 cm³/mol. The molecule has 6 heteroatoms. The van der Waals surface area contributed by atoms with Crippen molar-refractivity contribution in [1.29, 1.82) is 0 Å². The van der Waals surface area contributed by atoms with Crippen molar-refractivity contribution >= 4 is 17.8 Å². The third kappa shape index (κ3) is 6.58. The number of amides is 1. The van der Waals surface area contributed by atoms with Crippen LogP contribution in [0.25, 0.3) is 11.1 Å². The van der Waals surface area contributed by atoms with Gasteiger partial charge in [0.1, 0.15) is 6.04 Å². The molecule has 0 aromatic heterocycles. The van der Waals surface area contributed by atoms with Crippen LogP contribution in [0.5, 0.6) is 0 Å². The van der Waals surface area contributed by atoms with Crippen LogP contribution in [-0.2, 0) is 25.5 Å². The van der Waals surface area contributed by atoms with Crippen LogP contribution in [-0.4, -0.2) is 35.6 Å². The largest absolute Gasteiger partial charge is 0.480 e. The van der Waals surface area contributed by atoms with E-state index in [0.29, 0.717) is 0 Å². The molecule has 0 unspecified atom stereocenters. The van der Waals surface area contributed by atoms with Crippen LogP contribution >= 0.6 is 0 Å². The number of hydrogen-bond acceptors (Lipinski definition) is 4. The van der Waals surface area contributed by atoms with Crippen molar-refractivity contribution in [3.8, 4) is 11.1 Å². The molecule has 142 valence electrons.